The maximum absolute atomic E-state index is 12.5. The molecule has 27 heavy (non-hydrogen) atoms. The Morgan fingerprint density at radius 3 is 2.52 bits per heavy atom. The van der Waals surface area contributed by atoms with E-state index in [-0.39, 0.29) is 18.1 Å². The lowest BCUT2D eigenvalue weighted by molar-refractivity contribution is -0.144. The zero-order valence-corrected chi connectivity index (χ0v) is 15.8. The van der Waals surface area contributed by atoms with Crippen molar-refractivity contribution in [2.75, 3.05) is 13.7 Å². The first-order valence-corrected chi connectivity index (χ1v) is 9.40. The van der Waals surface area contributed by atoms with E-state index in [1.807, 2.05) is 35.2 Å². The number of carbonyl (C=O) groups is 1. The monoisotopic (exact) mass is 365 g/mol. The minimum atomic E-state index is 0.00126. The molecule has 142 valence electrons. The number of ether oxygens (including phenoxy) is 2. The van der Waals surface area contributed by atoms with E-state index in [0.717, 1.165) is 29.7 Å². The Hall–Kier alpha value is -2.59. The molecule has 0 aromatic heterocycles. The van der Waals surface area contributed by atoms with Gasteiger partial charge in [0.25, 0.3) is 0 Å². The highest BCUT2D eigenvalue weighted by Crippen LogP contribution is 2.26. The fourth-order valence-electron chi connectivity index (χ4n) is 3.58. The Balaban J connectivity index is 1.76. The summed E-state index contributed by atoms with van der Waals surface area (Å²) in [6.45, 7) is 4.92. The third kappa shape index (κ3) is 4.98. The Morgan fingerprint density at radius 1 is 1.11 bits per heavy atom. The first-order chi connectivity index (χ1) is 13.2. The van der Waals surface area contributed by atoms with Gasteiger partial charge < -0.3 is 14.4 Å². The van der Waals surface area contributed by atoms with Crippen LogP contribution in [0, 0.1) is 0 Å². The van der Waals surface area contributed by atoms with Crippen molar-refractivity contribution in [1.29, 1.82) is 0 Å². The largest absolute Gasteiger partial charge is 0.497 e. The third-order valence-corrected chi connectivity index (χ3v) is 5.03. The van der Waals surface area contributed by atoms with E-state index < -0.39 is 0 Å². The smallest absolute Gasteiger partial charge is 0.223 e. The number of carbonyl (C=O) groups excluding carboxylic acids is 1. The third-order valence-electron chi connectivity index (χ3n) is 5.03. The van der Waals surface area contributed by atoms with Gasteiger partial charge in [-0.05, 0) is 36.1 Å². The van der Waals surface area contributed by atoms with Crippen LogP contribution in [-0.4, -0.2) is 36.6 Å². The van der Waals surface area contributed by atoms with E-state index >= 15 is 0 Å². The van der Waals surface area contributed by atoms with Crippen molar-refractivity contribution in [2.45, 2.75) is 38.0 Å². The quantitative estimate of drug-likeness (QED) is 0.664. The van der Waals surface area contributed by atoms with Gasteiger partial charge >= 0.3 is 0 Å². The van der Waals surface area contributed by atoms with Crippen molar-refractivity contribution >= 4 is 5.91 Å². The maximum atomic E-state index is 12.5. The maximum Gasteiger partial charge on any atom is 0.223 e. The molecule has 0 unspecified atom stereocenters. The minimum absolute atomic E-state index is 0.00126. The second kappa shape index (κ2) is 9.38. The van der Waals surface area contributed by atoms with Crippen LogP contribution in [0.5, 0.6) is 5.75 Å². The molecule has 0 radical (unpaired) electrons. The van der Waals surface area contributed by atoms with Gasteiger partial charge in [-0.3, -0.25) is 4.79 Å². The summed E-state index contributed by atoms with van der Waals surface area (Å²) < 4.78 is 11.5. The number of hydrogen-bond acceptors (Lipinski definition) is 3. The zero-order valence-electron chi connectivity index (χ0n) is 15.8. The summed E-state index contributed by atoms with van der Waals surface area (Å²) in [7, 11) is 1.66. The van der Waals surface area contributed by atoms with Crippen LogP contribution in [0.25, 0.3) is 0 Å². The van der Waals surface area contributed by atoms with Gasteiger partial charge in [0, 0.05) is 13.0 Å². The Bertz CT molecular complexity index is 742. The van der Waals surface area contributed by atoms with Gasteiger partial charge in [0.05, 0.1) is 25.9 Å². The van der Waals surface area contributed by atoms with Crippen molar-refractivity contribution in [3.63, 3.8) is 0 Å². The van der Waals surface area contributed by atoms with Crippen molar-refractivity contribution in [2.24, 2.45) is 0 Å². The summed E-state index contributed by atoms with van der Waals surface area (Å²) in [4.78, 5) is 14.4. The van der Waals surface area contributed by atoms with E-state index in [1.54, 1.807) is 13.2 Å². The van der Waals surface area contributed by atoms with Crippen LogP contribution in [-0.2, 0) is 22.6 Å². The van der Waals surface area contributed by atoms with Gasteiger partial charge in [-0.1, -0.05) is 48.5 Å². The summed E-state index contributed by atoms with van der Waals surface area (Å²) >= 11 is 0. The second-order valence-corrected chi connectivity index (χ2v) is 6.83. The van der Waals surface area contributed by atoms with Gasteiger partial charge in [0.15, 0.2) is 0 Å². The normalized spacial score (nSPS) is 19.7. The van der Waals surface area contributed by atoms with Crippen LogP contribution in [0.15, 0.2) is 67.3 Å². The predicted octanol–water partition coefficient (Wildman–Crippen LogP) is 4.00. The molecular weight excluding hydrogens is 338 g/mol. The predicted molar refractivity (Wildman–Crippen MR) is 107 cm³/mol. The topological polar surface area (TPSA) is 38.8 Å². The van der Waals surface area contributed by atoms with Crippen LogP contribution in [0.1, 0.15) is 24.0 Å². The van der Waals surface area contributed by atoms with Crippen molar-refractivity contribution in [1.82, 2.24) is 4.90 Å². The lowest BCUT2D eigenvalue weighted by Gasteiger charge is -2.40. The van der Waals surface area contributed by atoms with Gasteiger partial charge in [-0.2, -0.15) is 0 Å². The molecule has 0 bridgehead atoms. The number of amides is 1. The molecule has 0 aliphatic carbocycles. The van der Waals surface area contributed by atoms with Crippen LogP contribution in [0.4, 0.5) is 0 Å². The fourth-order valence-corrected chi connectivity index (χ4v) is 3.58. The van der Waals surface area contributed by atoms with E-state index in [9.17, 15) is 4.79 Å². The molecule has 0 N–H and O–H groups in total. The Labute approximate surface area is 161 Å². The zero-order chi connectivity index (χ0) is 19.1. The average molecular weight is 365 g/mol. The molecule has 1 saturated heterocycles. The molecule has 1 heterocycles. The van der Waals surface area contributed by atoms with Gasteiger partial charge in [-0.25, -0.2) is 0 Å². The lowest BCUT2D eigenvalue weighted by atomic mass is 9.92. The minimum Gasteiger partial charge on any atom is -0.497 e. The highest BCUT2D eigenvalue weighted by atomic mass is 16.5. The van der Waals surface area contributed by atoms with Crippen molar-refractivity contribution in [3.8, 4) is 5.75 Å². The van der Waals surface area contributed by atoms with Gasteiger partial charge in [-0.15, -0.1) is 6.58 Å². The first-order valence-electron chi connectivity index (χ1n) is 9.40. The molecule has 3 rings (SSSR count). The standard InChI is InChI=1S/C23H27NO3/c1-3-15-24-21(16-18-9-11-20(26-2)12-10-18)22(13-14-23(24)25)27-17-19-7-5-4-6-8-19/h3-12,21-22H,1,13-17H2,2H3/t21-,22+/m0/s1. The molecule has 2 atom stereocenters. The molecule has 4 nitrogen and oxygen atoms in total. The van der Waals surface area contributed by atoms with Crippen LogP contribution in [0.3, 0.4) is 0 Å². The summed E-state index contributed by atoms with van der Waals surface area (Å²) in [6.07, 6.45) is 3.82. The van der Waals surface area contributed by atoms with Crippen molar-refractivity contribution < 1.29 is 14.3 Å². The van der Waals surface area contributed by atoms with Crippen LogP contribution >= 0.6 is 0 Å². The SMILES string of the molecule is C=CCN1C(=O)CC[C@@H](OCc2ccccc2)[C@@H]1Cc1ccc(OC)cc1. The lowest BCUT2D eigenvalue weighted by Crippen LogP contribution is -2.53. The summed E-state index contributed by atoms with van der Waals surface area (Å²) in [6, 6.07) is 18.2. The van der Waals surface area contributed by atoms with Crippen molar-refractivity contribution in [3.05, 3.63) is 78.4 Å². The molecular formula is C23H27NO3. The molecule has 1 aliphatic heterocycles. The number of likely N-dealkylation sites (tertiary alicyclic amines) is 1. The molecule has 4 heteroatoms. The number of nitrogens with zero attached hydrogens (tertiary/aromatic N) is 1. The molecule has 1 amide bonds. The molecule has 0 spiro atoms. The van der Waals surface area contributed by atoms with Gasteiger partial charge in [0.2, 0.25) is 5.91 Å². The van der Waals surface area contributed by atoms with Crippen LogP contribution in [0.2, 0.25) is 0 Å². The fraction of sp³-hybridized carbons (Fsp3) is 0.348. The number of piperidine rings is 1. The van der Waals surface area contributed by atoms with E-state index in [4.69, 9.17) is 9.47 Å². The van der Waals surface area contributed by atoms with Gasteiger partial charge in [0.1, 0.15) is 5.75 Å². The van der Waals surface area contributed by atoms with E-state index in [1.165, 1.54) is 0 Å². The number of methoxy groups -OCH3 is 1. The average Bonchev–Trinajstić information content (AvgIpc) is 2.71. The molecule has 1 aliphatic rings. The summed E-state index contributed by atoms with van der Waals surface area (Å²) in [5.74, 6) is 1.01. The van der Waals surface area contributed by atoms with Crippen LogP contribution < -0.4 is 4.74 Å². The molecule has 0 saturated carbocycles. The molecule has 2 aromatic rings. The highest BCUT2D eigenvalue weighted by molar-refractivity contribution is 5.77. The number of hydrogen-bond donors (Lipinski definition) is 0. The second-order valence-electron chi connectivity index (χ2n) is 6.83. The number of benzene rings is 2. The highest BCUT2D eigenvalue weighted by Gasteiger charge is 2.35. The summed E-state index contributed by atoms with van der Waals surface area (Å²) in [5, 5.41) is 0. The molecule has 1 fully saturated rings. The summed E-state index contributed by atoms with van der Waals surface area (Å²) in [5.41, 5.74) is 2.31. The van der Waals surface area contributed by atoms with E-state index in [0.29, 0.717) is 19.6 Å². The Morgan fingerprint density at radius 2 is 1.85 bits per heavy atom. The Kier molecular flexibility index (Phi) is 6.66. The molecule has 2 aromatic carbocycles. The number of rotatable bonds is 8. The first kappa shape index (κ1) is 19.2. The van der Waals surface area contributed by atoms with E-state index in [2.05, 4.69) is 30.8 Å².